The zero-order chi connectivity index (χ0) is 16.2. The maximum absolute atomic E-state index is 12.2. The van der Waals surface area contributed by atoms with Gasteiger partial charge in [0.25, 0.3) is 0 Å². The van der Waals surface area contributed by atoms with Gasteiger partial charge in [0.2, 0.25) is 5.91 Å². The molecule has 0 aromatic carbocycles. The van der Waals surface area contributed by atoms with E-state index in [1.807, 2.05) is 5.32 Å². The minimum Gasteiger partial charge on any atom is -0.380 e. The Bertz CT molecular complexity index is 526. The Labute approximate surface area is 130 Å². The molecule has 0 radical (unpaired) electrons. The zero-order valence-electron chi connectivity index (χ0n) is 11.7. The predicted octanol–water partition coefficient (Wildman–Crippen LogP) is 2.78. The number of rotatable bonds is 4. The Morgan fingerprint density at radius 2 is 2.09 bits per heavy atom. The molecule has 5 nitrogen and oxygen atoms in total. The number of carbonyl (C=O) groups is 1. The highest BCUT2D eigenvalue weighted by Gasteiger charge is 2.34. The molecule has 1 aliphatic carbocycles. The van der Waals surface area contributed by atoms with E-state index in [1.165, 1.54) is 6.20 Å². The number of halogens is 4. The van der Waals surface area contributed by atoms with Gasteiger partial charge >= 0.3 is 6.18 Å². The van der Waals surface area contributed by atoms with Gasteiger partial charge in [0.15, 0.2) is 5.15 Å². The molecule has 9 heteroatoms. The van der Waals surface area contributed by atoms with E-state index in [9.17, 15) is 18.0 Å². The molecule has 1 aliphatic rings. The summed E-state index contributed by atoms with van der Waals surface area (Å²) >= 11 is 5.74. The van der Waals surface area contributed by atoms with Crippen molar-refractivity contribution in [3.05, 3.63) is 17.4 Å². The van der Waals surface area contributed by atoms with Crippen LogP contribution in [0.4, 0.5) is 18.9 Å². The molecule has 1 amide bonds. The lowest BCUT2D eigenvalue weighted by atomic mass is 9.83. The SMILES string of the molecule is O=C(NCC(F)(F)F)[C@@H]1CCCC[C@@H]1Nc1cnnc(Cl)c1. The molecule has 1 heterocycles. The van der Waals surface area contributed by atoms with Gasteiger partial charge in [-0.25, -0.2) is 0 Å². The van der Waals surface area contributed by atoms with Crippen LogP contribution in [0, 0.1) is 5.92 Å². The Kier molecular flexibility index (Phi) is 5.44. The van der Waals surface area contributed by atoms with Crippen molar-refractivity contribution in [1.82, 2.24) is 15.5 Å². The third-order valence-electron chi connectivity index (χ3n) is 3.54. The van der Waals surface area contributed by atoms with E-state index in [1.54, 1.807) is 6.07 Å². The molecular formula is C13H16ClF3N4O. The quantitative estimate of drug-likeness (QED) is 0.887. The normalized spacial score (nSPS) is 22.2. The first-order valence-electron chi connectivity index (χ1n) is 6.94. The van der Waals surface area contributed by atoms with E-state index in [0.29, 0.717) is 18.5 Å². The Morgan fingerprint density at radius 3 is 2.77 bits per heavy atom. The van der Waals surface area contributed by atoms with Crippen LogP contribution in [0.2, 0.25) is 5.15 Å². The number of nitrogens with one attached hydrogen (secondary N) is 2. The summed E-state index contributed by atoms with van der Waals surface area (Å²) in [5, 5.41) is 12.6. The maximum atomic E-state index is 12.2. The van der Waals surface area contributed by atoms with Crippen LogP contribution in [0.15, 0.2) is 12.3 Å². The van der Waals surface area contributed by atoms with Gasteiger partial charge in [-0.1, -0.05) is 24.4 Å². The molecular weight excluding hydrogens is 321 g/mol. The minimum atomic E-state index is -4.41. The van der Waals surface area contributed by atoms with Gasteiger partial charge in [0.1, 0.15) is 6.54 Å². The second-order valence-electron chi connectivity index (χ2n) is 5.24. The van der Waals surface area contributed by atoms with Gasteiger partial charge in [-0.2, -0.15) is 18.3 Å². The van der Waals surface area contributed by atoms with Crippen LogP contribution >= 0.6 is 11.6 Å². The average Bonchev–Trinajstić information content (AvgIpc) is 2.45. The number of nitrogens with zero attached hydrogens (tertiary/aromatic N) is 2. The topological polar surface area (TPSA) is 66.9 Å². The van der Waals surface area contributed by atoms with Crippen LogP contribution in [0.5, 0.6) is 0 Å². The second-order valence-corrected chi connectivity index (χ2v) is 5.63. The van der Waals surface area contributed by atoms with E-state index in [4.69, 9.17) is 11.6 Å². The third kappa shape index (κ3) is 5.01. The Hall–Kier alpha value is -1.57. The monoisotopic (exact) mass is 336 g/mol. The number of hydrogen-bond acceptors (Lipinski definition) is 4. The largest absolute Gasteiger partial charge is 0.405 e. The van der Waals surface area contributed by atoms with Crippen LogP contribution in [0.1, 0.15) is 25.7 Å². The summed E-state index contributed by atoms with van der Waals surface area (Å²) in [6, 6.07) is 1.32. The van der Waals surface area contributed by atoms with E-state index in [2.05, 4.69) is 15.5 Å². The van der Waals surface area contributed by atoms with Crippen molar-refractivity contribution in [3.8, 4) is 0 Å². The molecule has 0 unspecified atom stereocenters. The smallest absolute Gasteiger partial charge is 0.380 e. The fraction of sp³-hybridized carbons (Fsp3) is 0.615. The first kappa shape index (κ1) is 16.8. The number of carbonyl (C=O) groups excluding carboxylic acids is 1. The fourth-order valence-electron chi connectivity index (χ4n) is 2.57. The summed E-state index contributed by atoms with van der Waals surface area (Å²) < 4.78 is 36.6. The second kappa shape index (κ2) is 7.13. The number of amides is 1. The van der Waals surface area contributed by atoms with Crippen LogP contribution in [-0.4, -0.2) is 34.9 Å². The molecule has 1 aromatic rings. The molecule has 0 aliphatic heterocycles. The molecule has 122 valence electrons. The maximum Gasteiger partial charge on any atom is 0.405 e. The zero-order valence-corrected chi connectivity index (χ0v) is 12.4. The highest BCUT2D eigenvalue weighted by atomic mass is 35.5. The molecule has 0 spiro atoms. The lowest BCUT2D eigenvalue weighted by molar-refractivity contribution is -0.141. The molecule has 1 aromatic heterocycles. The van der Waals surface area contributed by atoms with E-state index in [0.717, 1.165) is 12.8 Å². The van der Waals surface area contributed by atoms with E-state index in [-0.39, 0.29) is 11.2 Å². The number of aromatic nitrogens is 2. The van der Waals surface area contributed by atoms with Crippen LogP contribution in [0.3, 0.4) is 0 Å². The average molecular weight is 337 g/mol. The molecule has 0 saturated heterocycles. The van der Waals surface area contributed by atoms with Crippen molar-refractivity contribution < 1.29 is 18.0 Å². The van der Waals surface area contributed by atoms with Gasteiger partial charge in [0.05, 0.1) is 17.8 Å². The first-order chi connectivity index (χ1) is 10.3. The molecule has 22 heavy (non-hydrogen) atoms. The summed E-state index contributed by atoms with van der Waals surface area (Å²) in [4.78, 5) is 12.0. The number of alkyl halides is 3. The highest BCUT2D eigenvalue weighted by molar-refractivity contribution is 6.29. The number of anilines is 1. The minimum absolute atomic E-state index is 0.207. The van der Waals surface area contributed by atoms with Gasteiger partial charge in [-0.3, -0.25) is 4.79 Å². The summed E-state index contributed by atoms with van der Waals surface area (Å²) in [7, 11) is 0. The van der Waals surface area contributed by atoms with Crippen molar-refractivity contribution in [2.45, 2.75) is 37.9 Å². The summed E-state index contributed by atoms with van der Waals surface area (Å²) in [5.74, 6) is -1.09. The standard InChI is InChI=1S/C13H16ClF3N4O/c14-11-5-8(6-19-21-11)20-10-4-2-1-3-9(10)12(22)18-7-13(15,16)17/h5-6,9-10H,1-4,7H2,(H,18,22)(H,20,21)/t9-,10+/m1/s1. The third-order valence-corrected chi connectivity index (χ3v) is 3.73. The van der Waals surface area contributed by atoms with E-state index >= 15 is 0 Å². The number of hydrogen-bond donors (Lipinski definition) is 2. The van der Waals surface area contributed by atoms with Gasteiger partial charge in [0, 0.05) is 12.1 Å². The molecule has 0 bridgehead atoms. The Morgan fingerprint density at radius 1 is 1.36 bits per heavy atom. The lowest BCUT2D eigenvalue weighted by Crippen LogP contribution is -2.45. The van der Waals surface area contributed by atoms with Crippen LogP contribution in [-0.2, 0) is 4.79 Å². The van der Waals surface area contributed by atoms with Gasteiger partial charge < -0.3 is 10.6 Å². The molecule has 2 N–H and O–H groups in total. The highest BCUT2D eigenvalue weighted by Crippen LogP contribution is 2.28. The molecule has 1 saturated carbocycles. The van der Waals surface area contributed by atoms with Crippen molar-refractivity contribution >= 4 is 23.2 Å². The molecule has 2 rings (SSSR count). The van der Waals surface area contributed by atoms with Crippen molar-refractivity contribution in [1.29, 1.82) is 0 Å². The van der Waals surface area contributed by atoms with Crippen LogP contribution in [0.25, 0.3) is 0 Å². The van der Waals surface area contributed by atoms with Crippen LogP contribution < -0.4 is 10.6 Å². The fourth-order valence-corrected chi connectivity index (χ4v) is 2.73. The van der Waals surface area contributed by atoms with E-state index < -0.39 is 24.5 Å². The first-order valence-corrected chi connectivity index (χ1v) is 7.32. The lowest BCUT2D eigenvalue weighted by Gasteiger charge is -2.32. The van der Waals surface area contributed by atoms with Crippen molar-refractivity contribution in [2.75, 3.05) is 11.9 Å². The molecule has 2 atom stereocenters. The van der Waals surface area contributed by atoms with Gasteiger partial charge in [-0.15, -0.1) is 5.10 Å². The summed E-state index contributed by atoms with van der Waals surface area (Å²) in [6.45, 7) is -1.31. The summed E-state index contributed by atoms with van der Waals surface area (Å²) in [6.07, 6.45) is 0.0310. The Balaban J connectivity index is 2.00. The van der Waals surface area contributed by atoms with Gasteiger partial charge in [-0.05, 0) is 12.8 Å². The van der Waals surface area contributed by atoms with Crippen molar-refractivity contribution in [3.63, 3.8) is 0 Å². The molecule has 1 fully saturated rings. The predicted molar refractivity (Wildman–Crippen MR) is 75.5 cm³/mol. The summed E-state index contributed by atoms with van der Waals surface area (Å²) in [5.41, 5.74) is 0.598. The van der Waals surface area contributed by atoms with Crippen molar-refractivity contribution in [2.24, 2.45) is 5.92 Å².